The molecule has 0 saturated heterocycles. The number of nitrogens with one attached hydrogen (secondary N) is 3. The highest BCUT2D eigenvalue weighted by atomic mass is 19.1. The van der Waals surface area contributed by atoms with Crippen molar-refractivity contribution < 1.29 is 13.6 Å². The van der Waals surface area contributed by atoms with Gasteiger partial charge in [0.1, 0.15) is 28.7 Å². The minimum absolute atomic E-state index is 0.0543. The summed E-state index contributed by atoms with van der Waals surface area (Å²) in [7, 11) is 0. The van der Waals surface area contributed by atoms with E-state index in [0.717, 1.165) is 5.76 Å². The molecule has 0 unspecified atom stereocenters. The Hall–Kier alpha value is -3.42. The fourth-order valence-electron chi connectivity index (χ4n) is 3.64. The number of furan rings is 1. The van der Waals surface area contributed by atoms with Crippen LogP contribution < -0.4 is 26.8 Å². The number of carbonyl (C=O) groups is 1. The normalized spacial score (nSPS) is 14.0. The number of hydrogen-bond acceptors (Lipinski definition) is 6. The van der Waals surface area contributed by atoms with E-state index in [-0.39, 0.29) is 28.7 Å². The van der Waals surface area contributed by atoms with Gasteiger partial charge < -0.3 is 20.4 Å². The number of rotatable bonds is 6. The average molecular weight is 397 g/mol. The Kier molecular flexibility index (Phi) is 4.49. The van der Waals surface area contributed by atoms with Crippen molar-refractivity contribution >= 4 is 23.0 Å². The van der Waals surface area contributed by atoms with Gasteiger partial charge in [-0.05, 0) is 49.6 Å². The van der Waals surface area contributed by atoms with Crippen molar-refractivity contribution in [1.29, 1.82) is 0 Å². The van der Waals surface area contributed by atoms with Crippen molar-refractivity contribution in [2.45, 2.75) is 39.8 Å². The van der Waals surface area contributed by atoms with Crippen LogP contribution in [0.3, 0.4) is 0 Å². The average Bonchev–Trinajstić information content (AvgIpc) is 3.29. The molecule has 3 aromatic rings. The van der Waals surface area contributed by atoms with E-state index in [0.29, 0.717) is 29.9 Å². The van der Waals surface area contributed by atoms with Crippen LogP contribution in [-0.2, 0) is 6.54 Å². The minimum atomic E-state index is -0.759. The number of halogens is 1. The van der Waals surface area contributed by atoms with Gasteiger partial charge in [-0.15, -0.1) is 0 Å². The minimum Gasteiger partial charge on any atom is -0.464 e. The number of benzene rings is 1. The van der Waals surface area contributed by atoms with Gasteiger partial charge in [0.25, 0.3) is 16.8 Å². The lowest BCUT2D eigenvalue weighted by Crippen LogP contribution is -2.37. The number of fused-ring (bicyclic) bond motifs is 1. The Morgan fingerprint density at radius 1 is 1.14 bits per heavy atom. The fourth-order valence-corrected chi connectivity index (χ4v) is 3.64. The van der Waals surface area contributed by atoms with E-state index in [4.69, 9.17) is 4.42 Å². The molecule has 0 bridgehead atoms. The zero-order chi connectivity index (χ0) is 20.9. The maximum atomic E-state index is 14.7. The summed E-state index contributed by atoms with van der Waals surface area (Å²) in [5.41, 5.74) is -0.0706. The Morgan fingerprint density at radius 3 is 2.52 bits per heavy atom. The molecule has 1 amide bonds. The summed E-state index contributed by atoms with van der Waals surface area (Å²) in [6.07, 6.45) is 0.599. The molecule has 2 aromatic carbocycles. The van der Waals surface area contributed by atoms with E-state index in [1.165, 1.54) is 6.07 Å². The summed E-state index contributed by atoms with van der Waals surface area (Å²) < 4.78 is 20.3. The second-order valence-electron chi connectivity index (χ2n) is 7.17. The molecular weight excluding hydrogens is 377 g/mol. The summed E-state index contributed by atoms with van der Waals surface area (Å²) >= 11 is 0. The predicted octanol–water partition coefficient (Wildman–Crippen LogP) is 3.18. The molecular formula is C21H20FN3O4. The quantitative estimate of drug-likeness (QED) is 0.553. The van der Waals surface area contributed by atoms with Gasteiger partial charge in [-0.3, -0.25) is 14.4 Å². The molecule has 3 N–H and O–H groups in total. The van der Waals surface area contributed by atoms with Gasteiger partial charge in [0.05, 0.1) is 17.3 Å². The third-order valence-corrected chi connectivity index (χ3v) is 5.25. The van der Waals surface area contributed by atoms with E-state index in [9.17, 15) is 18.8 Å². The second-order valence-corrected chi connectivity index (χ2v) is 7.17. The first-order valence-corrected chi connectivity index (χ1v) is 9.35. The number of amides is 1. The fraction of sp³-hybridized carbons (Fsp3) is 0.286. The number of hydrogen-bond donors (Lipinski definition) is 3. The first kappa shape index (κ1) is 18.9. The summed E-state index contributed by atoms with van der Waals surface area (Å²) in [5.74, 6) is 0.277. The summed E-state index contributed by atoms with van der Waals surface area (Å²) in [4.78, 5) is 36.6. The van der Waals surface area contributed by atoms with Crippen molar-refractivity contribution in [3.05, 3.63) is 72.7 Å². The van der Waals surface area contributed by atoms with Crippen LogP contribution in [0.1, 0.15) is 52.4 Å². The monoisotopic (exact) mass is 397 g/mol. The molecule has 2 heterocycles. The lowest BCUT2D eigenvalue weighted by Gasteiger charge is -2.21. The van der Waals surface area contributed by atoms with Crippen LogP contribution in [-0.4, -0.2) is 5.91 Å². The summed E-state index contributed by atoms with van der Waals surface area (Å²) in [5, 5.41) is 8.38. The Labute approximate surface area is 165 Å². The van der Waals surface area contributed by atoms with E-state index in [1.807, 2.05) is 19.9 Å². The zero-order valence-corrected chi connectivity index (χ0v) is 16.2. The van der Waals surface area contributed by atoms with Crippen molar-refractivity contribution in [2.75, 3.05) is 10.6 Å². The van der Waals surface area contributed by atoms with Gasteiger partial charge in [0.15, 0.2) is 0 Å². The van der Waals surface area contributed by atoms with Crippen LogP contribution in [0.25, 0.3) is 0 Å². The van der Waals surface area contributed by atoms with Gasteiger partial charge in [0.2, 0.25) is 0 Å². The molecule has 0 aliphatic carbocycles. The molecule has 1 aliphatic rings. The smallest absolute Gasteiger partial charge is 0.254 e. The molecule has 0 radical (unpaired) electrons. The molecule has 1 atom stereocenters. The van der Waals surface area contributed by atoms with E-state index < -0.39 is 22.6 Å². The van der Waals surface area contributed by atoms with Crippen LogP contribution in [0, 0.1) is 19.7 Å². The maximum absolute atomic E-state index is 14.7. The molecule has 8 heteroatoms. The topological polar surface area (TPSA) is 100 Å². The van der Waals surface area contributed by atoms with Gasteiger partial charge in [-0.2, -0.15) is 0 Å². The van der Waals surface area contributed by atoms with Crippen LogP contribution in [0.2, 0.25) is 0 Å². The first-order chi connectivity index (χ1) is 13.8. The van der Waals surface area contributed by atoms with E-state index >= 15 is 0 Å². The molecule has 0 fully saturated rings. The van der Waals surface area contributed by atoms with Crippen LogP contribution in [0.4, 0.5) is 21.5 Å². The van der Waals surface area contributed by atoms with Crippen LogP contribution in [0.15, 0.2) is 32.2 Å². The van der Waals surface area contributed by atoms with Gasteiger partial charge in [-0.1, -0.05) is 6.92 Å². The molecule has 0 saturated carbocycles. The van der Waals surface area contributed by atoms with Gasteiger partial charge in [0, 0.05) is 6.54 Å². The first-order valence-electron chi connectivity index (χ1n) is 9.35. The van der Waals surface area contributed by atoms with E-state index in [1.54, 1.807) is 13.0 Å². The van der Waals surface area contributed by atoms with Crippen LogP contribution >= 0.6 is 0 Å². The number of anilines is 3. The molecule has 150 valence electrons. The lowest BCUT2D eigenvalue weighted by atomic mass is 10.0. The highest BCUT2D eigenvalue weighted by molar-refractivity contribution is 6.05. The van der Waals surface area contributed by atoms with Gasteiger partial charge >= 0.3 is 0 Å². The van der Waals surface area contributed by atoms with Gasteiger partial charge in [-0.25, -0.2) is 4.39 Å². The molecule has 4 rings (SSSR count). The molecule has 7 nitrogen and oxygen atoms in total. The molecule has 29 heavy (non-hydrogen) atoms. The van der Waals surface area contributed by atoms with Crippen molar-refractivity contribution in [1.82, 2.24) is 5.32 Å². The largest absolute Gasteiger partial charge is 0.464 e. The number of carbonyl (C=O) groups excluding carboxylic acids is 1. The molecule has 0 spiro atoms. The summed E-state index contributed by atoms with van der Waals surface area (Å²) in [6.45, 7) is 5.73. The third kappa shape index (κ3) is 3.00. The summed E-state index contributed by atoms with van der Waals surface area (Å²) in [6, 6.07) is 4.58. The SMILES string of the molecule is CC[C@@H](Nc1c(Nc2c(F)cc(C)c3c2C(=O)NC3)c(=O)c1=O)c1ccc(C)o1. The Balaban J connectivity index is 1.70. The third-order valence-electron chi connectivity index (χ3n) is 5.25. The predicted molar refractivity (Wildman–Crippen MR) is 107 cm³/mol. The van der Waals surface area contributed by atoms with E-state index in [2.05, 4.69) is 16.0 Å². The molecule has 1 aromatic heterocycles. The van der Waals surface area contributed by atoms with Crippen molar-refractivity contribution in [3.63, 3.8) is 0 Å². The Morgan fingerprint density at radius 2 is 1.86 bits per heavy atom. The Bertz CT molecular complexity index is 1200. The second kappa shape index (κ2) is 6.88. The maximum Gasteiger partial charge on any atom is 0.254 e. The van der Waals surface area contributed by atoms with Crippen LogP contribution in [0.5, 0.6) is 0 Å². The lowest BCUT2D eigenvalue weighted by molar-refractivity contribution is 0.0966. The number of aryl methyl sites for hydroxylation is 2. The van der Waals surface area contributed by atoms with Crippen molar-refractivity contribution in [2.24, 2.45) is 0 Å². The zero-order valence-electron chi connectivity index (χ0n) is 16.2. The standard InChI is InChI=1S/C21H20FN3O4/c1-4-13(14-6-5-10(3)29-14)24-17-18(20(27)19(17)26)25-16-12(22)7-9(2)11-8-23-21(28)15(11)16/h5-7,13,24-25H,4,8H2,1-3H3,(H,23,28)/t13-/m1/s1. The van der Waals surface area contributed by atoms with Crippen molar-refractivity contribution in [3.8, 4) is 0 Å². The highest BCUT2D eigenvalue weighted by Crippen LogP contribution is 2.34. The highest BCUT2D eigenvalue weighted by Gasteiger charge is 2.31. The molecule has 1 aliphatic heterocycles.